The Morgan fingerprint density at radius 2 is 1.76 bits per heavy atom. The molecule has 2 rings (SSSR count). The van der Waals surface area contributed by atoms with E-state index in [1.807, 2.05) is 0 Å². The van der Waals surface area contributed by atoms with E-state index in [1.165, 1.54) is 11.0 Å². The molecule has 0 radical (unpaired) electrons. The number of nitrogens with one attached hydrogen (secondary N) is 3. The predicted octanol–water partition coefficient (Wildman–Crippen LogP) is 2.77. The lowest BCUT2D eigenvalue weighted by Crippen LogP contribution is -2.52. The second-order valence-corrected chi connectivity index (χ2v) is 7.18. The molecule has 1 aliphatic rings. The number of carbonyl (C=O) groups excluding carboxylic acids is 3. The van der Waals surface area contributed by atoms with Crippen LogP contribution in [0.15, 0.2) is 18.2 Å². The molecule has 1 saturated carbocycles. The standard InChI is InChI=1S/C20H28F2N4O3/c1-3-26(12-17(27)24-18-15(21)10-7-11-16(18)22)13(2)19(28)25-20(29)23-14-8-5-4-6-9-14/h7,10-11,13-14H,3-6,8-9,12H2,1-2H3,(H,24,27)(H2,23,25,28,29). The number of carbonyl (C=O) groups is 3. The molecular weight excluding hydrogens is 382 g/mol. The zero-order chi connectivity index (χ0) is 21.4. The van der Waals surface area contributed by atoms with Crippen LogP contribution in [-0.2, 0) is 9.59 Å². The Labute approximate surface area is 169 Å². The fraction of sp³-hybridized carbons (Fsp3) is 0.550. The average Bonchev–Trinajstić information content (AvgIpc) is 2.69. The maximum atomic E-state index is 13.7. The molecule has 4 amide bonds. The van der Waals surface area contributed by atoms with Crippen molar-refractivity contribution in [2.45, 2.75) is 58.0 Å². The molecule has 1 fully saturated rings. The van der Waals surface area contributed by atoms with Crippen molar-refractivity contribution in [3.05, 3.63) is 29.8 Å². The van der Waals surface area contributed by atoms with Gasteiger partial charge in [0.15, 0.2) is 0 Å². The summed E-state index contributed by atoms with van der Waals surface area (Å²) in [7, 11) is 0. The molecular formula is C20H28F2N4O3. The Hall–Kier alpha value is -2.55. The predicted molar refractivity (Wildman–Crippen MR) is 105 cm³/mol. The summed E-state index contributed by atoms with van der Waals surface area (Å²) < 4.78 is 27.4. The summed E-state index contributed by atoms with van der Waals surface area (Å²) in [6, 6.07) is 2.00. The molecule has 0 heterocycles. The molecule has 1 aromatic carbocycles. The first kappa shape index (κ1) is 22.7. The summed E-state index contributed by atoms with van der Waals surface area (Å²) in [6.07, 6.45) is 5.05. The maximum Gasteiger partial charge on any atom is 0.321 e. The molecule has 3 N–H and O–H groups in total. The van der Waals surface area contributed by atoms with Crippen LogP contribution in [0.25, 0.3) is 0 Å². The van der Waals surface area contributed by atoms with Gasteiger partial charge in [0.05, 0.1) is 12.6 Å². The van der Waals surface area contributed by atoms with Crippen molar-refractivity contribution in [2.75, 3.05) is 18.4 Å². The van der Waals surface area contributed by atoms with Crippen molar-refractivity contribution >= 4 is 23.5 Å². The quantitative estimate of drug-likeness (QED) is 0.645. The van der Waals surface area contributed by atoms with Gasteiger partial charge in [-0.25, -0.2) is 13.6 Å². The highest BCUT2D eigenvalue weighted by Crippen LogP contribution is 2.18. The van der Waals surface area contributed by atoms with Crippen LogP contribution in [0.4, 0.5) is 19.3 Å². The molecule has 29 heavy (non-hydrogen) atoms. The van der Waals surface area contributed by atoms with Gasteiger partial charge in [0.2, 0.25) is 11.8 Å². The van der Waals surface area contributed by atoms with Crippen molar-refractivity contribution in [1.29, 1.82) is 0 Å². The second-order valence-electron chi connectivity index (χ2n) is 7.18. The van der Waals surface area contributed by atoms with Crippen molar-refractivity contribution in [3.63, 3.8) is 0 Å². The summed E-state index contributed by atoms with van der Waals surface area (Å²) in [6.45, 7) is 3.36. The molecule has 0 spiro atoms. The number of hydrogen-bond acceptors (Lipinski definition) is 4. The lowest BCUT2D eigenvalue weighted by atomic mass is 9.96. The number of hydrogen-bond donors (Lipinski definition) is 3. The molecule has 7 nitrogen and oxygen atoms in total. The lowest BCUT2D eigenvalue weighted by Gasteiger charge is -2.27. The molecule has 160 valence electrons. The monoisotopic (exact) mass is 410 g/mol. The van der Waals surface area contributed by atoms with E-state index in [2.05, 4.69) is 16.0 Å². The maximum absolute atomic E-state index is 13.7. The van der Waals surface area contributed by atoms with E-state index < -0.39 is 41.2 Å². The molecule has 1 atom stereocenters. The van der Waals surface area contributed by atoms with Gasteiger partial charge in [0, 0.05) is 6.04 Å². The molecule has 0 aliphatic heterocycles. The van der Waals surface area contributed by atoms with E-state index in [0.717, 1.165) is 44.2 Å². The van der Waals surface area contributed by atoms with E-state index in [0.29, 0.717) is 6.54 Å². The second kappa shape index (κ2) is 10.8. The van der Waals surface area contributed by atoms with Crippen LogP contribution in [0, 0.1) is 11.6 Å². The van der Waals surface area contributed by atoms with Crippen LogP contribution in [0.1, 0.15) is 46.0 Å². The molecule has 0 saturated heterocycles. The fourth-order valence-corrected chi connectivity index (χ4v) is 3.35. The number of halogens is 2. The molecule has 1 unspecified atom stereocenters. The molecule has 0 bridgehead atoms. The Morgan fingerprint density at radius 3 is 2.34 bits per heavy atom. The first-order valence-corrected chi connectivity index (χ1v) is 9.91. The number of nitrogens with zero attached hydrogens (tertiary/aromatic N) is 1. The smallest absolute Gasteiger partial charge is 0.321 e. The number of benzene rings is 1. The number of imide groups is 1. The van der Waals surface area contributed by atoms with Crippen molar-refractivity contribution in [2.24, 2.45) is 0 Å². The highest BCUT2D eigenvalue weighted by atomic mass is 19.1. The number of rotatable bonds is 7. The minimum Gasteiger partial charge on any atom is -0.335 e. The van der Waals surface area contributed by atoms with Gasteiger partial charge in [-0.1, -0.05) is 32.3 Å². The average molecular weight is 410 g/mol. The molecule has 0 aromatic heterocycles. The minimum absolute atomic E-state index is 0.0653. The molecule has 9 heteroatoms. The fourth-order valence-electron chi connectivity index (χ4n) is 3.35. The highest BCUT2D eigenvalue weighted by molar-refractivity contribution is 5.97. The molecule has 1 aliphatic carbocycles. The number of amides is 4. The zero-order valence-electron chi connectivity index (χ0n) is 16.8. The van der Waals surface area contributed by atoms with E-state index in [9.17, 15) is 23.2 Å². The van der Waals surface area contributed by atoms with Gasteiger partial charge in [0.25, 0.3) is 0 Å². The third kappa shape index (κ3) is 6.77. The Balaban J connectivity index is 1.87. The summed E-state index contributed by atoms with van der Waals surface area (Å²) in [5.74, 6) is -2.98. The van der Waals surface area contributed by atoms with Gasteiger partial charge in [0.1, 0.15) is 17.3 Å². The SMILES string of the molecule is CCN(CC(=O)Nc1c(F)cccc1F)C(C)C(=O)NC(=O)NC1CCCCC1. The highest BCUT2D eigenvalue weighted by Gasteiger charge is 2.25. The normalized spacial score (nSPS) is 15.6. The van der Waals surface area contributed by atoms with Gasteiger partial charge in [-0.3, -0.25) is 19.8 Å². The van der Waals surface area contributed by atoms with E-state index in [1.54, 1.807) is 13.8 Å². The van der Waals surface area contributed by atoms with Crippen LogP contribution in [0.2, 0.25) is 0 Å². The topological polar surface area (TPSA) is 90.5 Å². The third-order valence-corrected chi connectivity index (χ3v) is 5.08. The number of para-hydroxylation sites is 1. The van der Waals surface area contributed by atoms with Crippen molar-refractivity contribution in [3.8, 4) is 0 Å². The van der Waals surface area contributed by atoms with Gasteiger partial charge in [-0.15, -0.1) is 0 Å². The number of likely N-dealkylation sites (N-methyl/N-ethyl adjacent to an activating group) is 1. The first-order chi connectivity index (χ1) is 13.8. The van der Waals surface area contributed by atoms with Crippen LogP contribution >= 0.6 is 0 Å². The van der Waals surface area contributed by atoms with Crippen LogP contribution in [0.5, 0.6) is 0 Å². The van der Waals surface area contributed by atoms with Crippen molar-refractivity contribution < 1.29 is 23.2 Å². The summed E-state index contributed by atoms with van der Waals surface area (Å²) >= 11 is 0. The zero-order valence-corrected chi connectivity index (χ0v) is 16.8. The van der Waals surface area contributed by atoms with Crippen LogP contribution in [-0.4, -0.2) is 47.9 Å². The Bertz CT molecular complexity index is 718. The summed E-state index contributed by atoms with van der Waals surface area (Å²) in [5.41, 5.74) is -0.530. The van der Waals surface area contributed by atoms with Crippen molar-refractivity contribution in [1.82, 2.24) is 15.5 Å². The van der Waals surface area contributed by atoms with E-state index in [4.69, 9.17) is 0 Å². The van der Waals surface area contributed by atoms with Gasteiger partial charge in [-0.05, 0) is 38.4 Å². The lowest BCUT2D eigenvalue weighted by molar-refractivity contribution is -0.126. The first-order valence-electron chi connectivity index (χ1n) is 9.91. The largest absolute Gasteiger partial charge is 0.335 e. The van der Waals surface area contributed by atoms with Gasteiger partial charge >= 0.3 is 6.03 Å². The van der Waals surface area contributed by atoms with Crippen LogP contribution < -0.4 is 16.0 Å². The van der Waals surface area contributed by atoms with E-state index in [-0.39, 0.29) is 12.6 Å². The summed E-state index contributed by atoms with van der Waals surface area (Å²) in [5, 5.41) is 7.29. The minimum atomic E-state index is -0.883. The van der Waals surface area contributed by atoms with Gasteiger partial charge in [-0.2, -0.15) is 0 Å². The van der Waals surface area contributed by atoms with E-state index >= 15 is 0 Å². The summed E-state index contributed by atoms with van der Waals surface area (Å²) in [4.78, 5) is 38.1. The Morgan fingerprint density at radius 1 is 1.14 bits per heavy atom. The van der Waals surface area contributed by atoms with Crippen LogP contribution in [0.3, 0.4) is 0 Å². The van der Waals surface area contributed by atoms with Gasteiger partial charge < -0.3 is 10.6 Å². The number of urea groups is 1. The molecule has 1 aromatic rings. The Kier molecular flexibility index (Phi) is 8.50. The third-order valence-electron chi connectivity index (χ3n) is 5.08. The number of anilines is 1.